The summed E-state index contributed by atoms with van der Waals surface area (Å²) in [6.45, 7) is 3.88. The molecule has 2 aromatic rings. The van der Waals surface area contributed by atoms with Crippen molar-refractivity contribution in [2.75, 3.05) is 13.7 Å². The third-order valence-electron chi connectivity index (χ3n) is 6.28. The first-order valence-corrected chi connectivity index (χ1v) is 10.7. The van der Waals surface area contributed by atoms with E-state index in [2.05, 4.69) is 76.3 Å². The monoisotopic (exact) mass is 429 g/mol. The van der Waals surface area contributed by atoms with Gasteiger partial charge in [0.2, 0.25) is 0 Å². The molecule has 0 amide bonds. The Morgan fingerprint density at radius 1 is 1.11 bits per heavy atom. The highest BCUT2D eigenvalue weighted by Crippen LogP contribution is 2.52. The van der Waals surface area contributed by atoms with Gasteiger partial charge in [-0.05, 0) is 68.0 Å². The van der Waals surface area contributed by atoms with Gasteiger partial charge in [0.1, 0.15) is 5.75 Å². The summed E-state index contributed by atoms with van der Waals surface area (Å²) in [6.07, 6.45) is 5.03. The molecule has 0 N–H and O–H groups in total. The summed E-state index contributed by atoms with van der Waals surface area (Å²) >= 11 is 3.59. The quantitative estimate of drug-likeness (QED) is 0.603. The third kappa shape index (κ3) is 3.67. The number of halogens is 1. The molecule has 2 saturated heterocycles. The lowest BCUT2D eigenvalue weighted by Crippen LogP contribution is -2.52. The molecule has 2 aliphatic rings. The van der Waals surface area contributed by atoms with Crippen molar-refractivity contribution in [2.45, 2.75) is 56.8 Å². The predicted molar refractivity (Wildman–Crippen MR) is 112 cm³/mol. The average molecular weight is 430 g/mol. The van der Waals surface area contributed by atoms with Crippen molar-refractivity contribution >= 4 is 15.9 Å². The summed E-state index contributed by atoms with van der Waals surface area (Å²) in [5.74, 6) is 0.916. The molecule has 2 fully saturated rings. The minimum Gasteiger partial charge on any atom is -0.497 e. The van der Waals surface area contributed by atoms with Crippen molar-refractivity contribution < 1.29 is 9.47 Å². The fraction of sp³-hybridized carbons (Fsp3) is 0.478. The fourth-order valence-electron chi connectivity index (χ4n) is 5.04. The van der Waals surface area contributed by atoms with E-state index in [1.807, 2.05) is 0 Å². The highest BCUT2D eigenvalue weighted by Gasteiger charge is 2.52. The molecule has 0 aromatic heterocycles. The van der Waals surface area contributed by atoms with E-state index in [0.29, 0.717) is 12.1 Å². The molecule has 4 heteroatoms. The van der Waals surface area contributed by atoms with Crippen LogP contribution in [0, 0.1) is 0 Å². The number of piperidine rings is 1. The lowest BCUT2D eigenvalue weighted by molar-refractivity contribution is -0.0592. The first-order valence-electron chi connectivity index (χ1n) is 9.92. The van der Waals surface area contributed by atoms with Crippen LogP contribution in [0.4, 0.5) is 0 Å². The van der Waals surface area contributed by atoms with Gasteiger partial charge >= 0.3 is 0 Å². The lowest BCUT2D eigenvalue weighted by atomic mass is 9.80. The molecule has 0 spiro atoms. The van der Waals surface area contributed by atoms with Gasteiger partial charge in [-0.25, -0.2) is 0 Å². The molecular weight excluding hydrogens is 402 g/mol. The zero-order valence-electron chi connectivity index (χ0n) is 16.2. The molecule has 0 saturated carbocycles. The van der Waals surface area contributed by atoms with Crippen LogP contribution in [0.15, 0.2) is 53.0 Å². The van der Waals surface area contributed by atoms with Crippen LogP contribution in [-0.4, -0.2) is 30.8 Å². The molecule has 3 nitrogen and oxygen atoms in total. The third-order valence-corrected chi connectivity index (χ3v) is 6.81. The molecule has 27 heavy (non-hydrogen) atoms. The number of rotatable bonds is 6. The van der Waals surface area contributed by atoms with Gasteiger partial charge in [-0.1, -0.05) is 40.2 Å². The zero-order valence-corrected chi connectivity index (χ0v) is 17.7. The first-order chi connectivity index (χ1) is 13.1. The Morgan fingerprint density at radius 2 is 1.85 bits per heavy atom. The van der Waals surface area contributed by atoms with E-state index in [-0.39, 0.29) is 5.54 Å². The zero-order chi connectivity index (χ0) is 18.9. The van der Waals surface area contributed by atoms with Crippen LogP contribution < -0.4 is 4.74 Å². The Labute approximate surface area is 170 Å². The highest BCUT2D eigenvalue weighted by atomic mass is 79.9. The molecule has 2 aromatic carbocycles. The number of benzene rings is 2. The molecule has 4 rings (SSSR count). The Balaban J connectivity index is 1.66. The normalized spacial score (nSPS) is 27.7. The summed E-state index contributed by atoms with van der Waals surface area (Å²) in [6, 6.07) is 18.0. The standard InChI is InChI=1S/C23H28BrNO2/c1-3-27-22-14-20-12-13-23(15-22,18-6-8-19(24)9-7-18)25(20)16-17-4-10-21(26-2)11-5-17/h4-11,20,22H,3,12-16H2,1-2H3/t20-,22+,23+/m1/s1. The van der Waals surface area contributed by atoms with E-state index in [1.54, 1.807) is 7.11 Å². The van der Waals surface area contributed by atoms with Crippen molar-refractivity contribution in [2.24, 2.45) is 0 Å². The van der Waals surface area contributed by atoms with Gasteiger partial charge in [0.05, 0.1) is 13.2 Å². The van der Waals surface area contributed by atoms with Crippen LogP contribution in [0.3, 0.4) is 0 Å². The molecule has 2 heterocycles. The summed E-state index contributed by atoms with van der Waals surface area (Å²) < 4.78 is 12.6. The topological polar surface area (TPSA) is 21.7 Å². The van der Waals surface area contributed by atoms with Gasteiger partial charge in [0, 0.05) is 29.2 Å². The molecule has 0 aliphatic carbocycles. The number of fused-ring (bicyclic) bond motifs is 2. The maximum Gasteiger partial charge on any atom is 0.118 e. The summed E-state index contributed by atoms with van der Waals surface area (Å²) in [4.78, 5) is 2.74. The Hall–Kier alpha value is -1.36. The predicted octanol–water partition coefficient (Wildman–Crippen LogP) is 5.52. The Bertz CT molecular complexity index is 761. The Morgan fingerprint density at radius 3 is 2.52 bits per heavy atom. The van der Waals surface area contributed by atoms with Crippen LogP contribution in [0.25, 0.3) is 0 Å². The summed E-state index contributed by atoms with van der Waals surface area (Å²) in [7, 11) is 1.72. The van der Waals surface area contributed by atoms with Crippen molar-refractivity contribution in [1.29, 1.82) is 0 Å². The maximum absolute atomic E-state index is 6.11. The second-order valence-electron chi connectivity index (χ2n) is 7.72. The largest absolute Gasteiger partial charge is 0.497 e. The number of hydrogen-bond donors (Lipinski definition) is 0. The summed E-state index contributed by atoms with van der Waals surface area (Å²) in [5, 5.41) is 0. The average Bonchev–Trinajstić information content (AvgIpc) is 2.89. The van der Waals surface area contributed by atoms with Crippen LogP contribution in [0.2, 0.25) is 0 Å². The number of methoxy groups -OCH3 is 1. The molecule has 144 valence electrons. The van der Waals surface area contributed by atoms with Crippen LogP contribution in [0.5, 0.6) is 5.75 Å². The molecule has 2 aliphatic heterocycles. The van der Waals surface area contributed by atoms with Gasteiger partial charge in [0.15, 0.2) is 0 Å². The number of ether oxygens (including phenoxy) is 2. The molecule has 2 bridgehead atoms. The van der Waals surface area contributed by atoms with Gasteiger partial charge in [0.25, 0.3) is 0 Å². The van der Waals surface area contributed by atoms with E-state index in [9.17, 15) is 0 Å². The van der Waals surface area contributed by atoms with Gasteiger partial charge in [-0.2, -0.15) is 0 Å². The van der Waals surface area contributed by atoms with E-state index < -0.39 is 0 Å². The molecule has 0 unspecified atom stereocenters. The van der Waals surface area contributed by atoms with Crippen molar-refractivity contribution in [3.63, 3.8) is 0 Å². The second kappa shape index (κ2) is 7.94. The minimum atomic E-state index is 0.0728. The summed E-state index contributed by atoms with van der Waals surface area (Å²) in [5.41, 5.74) is 2.84. The van der Waals surface area contributed by atoms with Crippen LogP contribution in [0.1, 0.15) is 43.7 Å². The van der Waals surface area contributed by atoms with E-state index in [4.69, 9.17) is 9.47 Å². The minimum absolute atomic E-state index is 0.0728. The maximum atomic E-state index is 6.11. The van der Waals surface area contributed by atoms with E-state index >= 15 is 0 Å². The fourth-order valence-corrected chi connectivity index (χ4v) is 5.31. The van der Waals surface area contributed by atoms with Crippen LogP contribution >= 0.6 is 15.9 Å². The number of nitrogens with zero attached hydrogens (tertiary/aromatic N) is 1. The van der Waals surface area contributed by atoms with E-state index in [0.717, 1.165) is 36.2 Å². The smallest absolute Gasteiger partial charge is 0.118 e. The van der Waals surface area contributed by atoms with E-state index in [1.165, 1.54) is 24.0 Å². The van der Waals surface area contributed by atoms with Gasteiger partial charge in [-0.15, -0.1) is 0 Å². The van der Waals surface area contributed by atoms with Crippen LogP contribution in [-0.2, 0) is 16.8 Å². The number of hydrogen-bond acceptors (Lipinski definition) is 3. The molecule has 3 atom stereocenters. The molecule has 0 radical (unpaired) electrons. The second-order valence-corrected chi connectivity index (χ2v) is 8.64. The first kappa shape index (κ1) is 19.0. The Kier molecular flexibility index (Phi) is 5.58. The van der Waals surface area contributed by atoms with Crippen molar-refractivity contribution in [3.8, 4) is 5.75 Å². The van der Waals surface area contributed by atoms with Gasteiger partial charge in [-0.3, -0.25) is 4.90 Å². The van der Waals surface area contributed by atoms with Crippen molar-refractivity contribution in [1.82, 2.24) is 4.90 Å². The molecular formula is C23H28BrNO2. The SMILES string of the molecule is CCO[C@H]1C[C@H]2CC[C@@](c3ccc(Br)cc3)(C1)N2Cc1ccc(OC)cc1. The van der Waals surface area contributed by atoms with Crippen molar-refractivity contribution in [3.05, 3.63) is 64.1 Å². The lowest BCUT2D eigenvalue weighted by Gasteiger charge is -2.48. The van der Waals surface area contributed by atoms with Gasteiger partial charge < -0.3 is 9.47 Å². The highest BCUT2D eigenvalue weighted by molar-refractivity contribution is 9.10.